The maximum absolute atomic E-state index is 12.6. The van der Waals surface area contributed by atoms with Gasteiger partial charge in [-0.3, -0.25) is 9.69 Å². The average Bonchev–Trinajstić information content (AvgIpc) is 3.17. The molecule has 1 fully saturated rings. The van der Waals surface area contributed by atoms with Crippen LogP contribution in [-0.4, -0.2) is 64.7 Å². The first-order valence-corrected chi connectivity index (χ1v) is 10.1. The van der Waals surface area contributed by atoms with E-state index in [1.165, 1.54) is 0 Å². The van der Waals surface area contributed by atoms with E-state index in [2.05, 4.69) is 25.5 Å². The lowest BCUT2D eigenvalue weighted by atomic mass is 10.2. The molecule has 8 heteroatoms. The summed E-state index contributed by atoms with van der Waals surface area (Å²) < 4.78 is 7.18. The van der Waals surface area contributed by atoms with Crippen molar-refractivity contribution in [1.29, 1.82) is 0 Å². The molecule has 0 atom stereocenters. The lowest BCUT2D eigenvalue weighted by Crippen LogP contribution is -2.41. The fraction of sp³-hybridized carbons (Fsp3) is 0.318. The number of nitrogens with one attached hydrogen (secondary N) is 2. The van der Waals surface area contributed by atoms with E-state index >= 15 is 0 Å². The Bertz CT molecular complexity index is 965. The molecule has 2 N–H and O–H groups in total. The molecule has 8 nitrogen and oxygen atoms in total. The molecule has 0 aliphatic carbocycles. The first kappa shape index (κ1) is 20.1. The number of morpholine rings is 1. The maximum atomic E-state index is 12.6. The second-order valence-corrected chi connectivity index (χ2v) is 7.22. The minimum Gasteiger partial charge on any atom is -0.379 e. The largest absolute Gasteiger partial charge is 0.379 e. The number of amides is 1. The molecule has 0 radical (unpaired) electrons. The minimum atomic E-state index is -0.0831. The molecule has 3 heterocycles. The Balaban J connectivity index is 1.36. The van der Waals surface area contributed by atoms with Crippen LogP contribution >= 0.6 is 0 Å². The monoisotopic (exact) mass is 406 g/mol. The fourth-order valence-corrected chi connectivity index (χ4v) is 3.38. The van der Waals surface area contributed by atoms with Crippen molar-refractivity contribution in [2.24, 2.45) is 7.05 Å². The van der Waals surface area contributed by atoms with Gasteiger partial charge in [0.05, 0.1) is 13.2 Å². The molecule has 0 spiro atoms. The Hall–Kier alpha value is -3.23. The Morgan fingerprint density at radius 1 is 1.10 bits per heavy atom. The number of benzene rings is 1. The highest BCUT2D eigenvalue weighted by molar-refractivity contribution is 5.94. The molecule has 0 bridgehead atoms. The zero-order valence-corrected chi connectivity index (χ0v) is 17.0. The second-order valence-electron chi connectivity index (χ2n) is 7.22. The number of rotatable bonds is 7. The normalized spacial score (nSPS) is 14.4. The van der Waals surface area contributed by atoms with Gasteiger partial charge in [-0.2, -0.15) is 0 Å². The van der Waals surface area contributed by atoms with Crippen LogP contribution in [0.4, 0.5) is 11.6 Å². The summed E-state index contributed by atoms with van der Waals surface area (Å²) in [6.07, 6.45) is 5.43. The molecule has 1 aliphatic rings. The molecule has 0 saturated carbocycles. The number of hydrogen-bond donors (Lipinski definition) is 2. The lowest BCUT2D eigenvalue weighted by Gasteiger charge is -2.26. The van der Waals surface area contributed by atoms with Crippen molar-refractivity contribution in [2.45, 2.75) is 0 Å². The Labute approximate surface area is 175 Å². The molecule has 4 rings (SSSR count). The van der Waals surface area contributed by atoms with E-state index < -0.39 is 0 Å². The molecule has 1 amide bonds. The van der Waals surface area contributed by atoms with Gasteiger partial charge in [0.1, 0.15) is 5.69 Å². The van der Waals surface area contributed by atoms with E-state index in [1.54, 1.807) is 12.4 Å². The van der Waals surface area contributed by atoms with Gasteiger partial charge in [0.15, 0.2) is 0 Å². The van der Waals surface area contributed by atoms with Crippen molar-refractivity contribution in [3.05, 3.63) is 60.7 Å². The standard InChI is InChI=1S/C22H26N6O2/c1-27-16-17(13-20(27)21(29)23-7-8-28-9-11-30-12-10-28)18-14-24-22(25-15-18)26-19-5-3-2-4-6-19/h2-6,13-16H,7-12H2,1H3,(H,23,29)(H,24,25,26). The van der Waals surface area contributed by atoms with Crippen LogP contribution in [0.5, 0.6) is 0 Å². The van der Waals surface area contributed by atoms with Gasteiger partial charge in [-0.1, -0.05) is 18.2 Å². The number of anilines is 2. The smallest absolute Gasteiger partial charge is 0.267 e. The predicted octanol–water partition coefficient (Wildman–Crippen LogP) is 2.29. The summed E-state index contributed by atoms with van der Waals surface area (Å²) in [7, 11) is 1.87. The van der Waals surface area contributed by atoms with Crippen LogP contribution in [-0.2, 0) is 11.8 Å². The number of aryl methyl sites for hydroxylation is 1. The van der Waals surface area contributed by atoms with Crippen LogP contribution < -0.4 is 10.6 Å². The Morgan fingerprint density at radius 3 is 2.57 bits per heavy atom. The van der Waals surface area contributed by atoms with Crippen LogP contribution in [0.15, 0.2) is 55.0 Å². The fourth-order valence-electron chi connectivity index (χ4n) is 3.38. The molecule has 1 saturated heterocycles. The molecule has 1 aromatic carbocycles. The number of para-hydroxylation sites is 1. The number of aromatic nitrogens is 3. The zero-order valence-electron chi connectivity index (χ0n) is 17.0. The van der Waals surface area contributed by atoms with E-state index in [0.717, 1.165) is 49.7 Å². The van der Waals surface area contributed by atoms with Crippen LogP contribution in [0.2, 0.25) is 0 Å². The SMILES string of the molecule is Cn1cc(-c2cnc(Nc3ccccc3)nc2)cc1C(=O)NCCN1CCOCC1. The Kier molecular flexibility index (Phi) is 6.36. The van der Waals surface area contributed by atoms with E-state index in [4.69, 9.17) is 4.74 Å². The highest BCUT2D eigenvalue weighted by Gasteiger charge is 2.14. The van der Waals surface area contributed by atoms with Crippen molar-refractivity contribution >= 4 is 17.5 Å². The molecule has 3 aromatic rings. The minimum absolute atomic E-state index is 0.0831. The first-order valence-electron chi connectivity index (χ1n) is 10.1. The van der Waals surface area contributed by atoms with Crippen LogP contribution in [0.3, 0.4) is 0 Å². The van der Waals surface area contributed by atoms with Gasteiger partial charge in [-0.15, -0.1) is 0 Å². The summed E-state index contributed by atoms with van der Waals surface area (Å²) in [5.74, 6) is 0.447. The van der Waals surface area contributed by atoms with Crippen LogP contribution in [0, 0.1) is 0 Å². The van der Waals surface area contributed by atoms with Gasteiger partial charge in [0.25, 0.3) is 5.91 Å². The third-order valence-electron chi connectivity index (χ3n) is 5.07. The first-order chi connectivity index (χ1) is 14.7. The zero-order chi connectivity index (χ0) is 20.8. The van der Waals surface area contributed by atoms with Gasteiger partial charge < -0.3 is 19.9 Å². The molecule has 0 unspecified atom stereocenters. The summed E-state index contributed by atoms with van der Waals surface area (Å²) in [5, 5.41) is 6.17. The molecule has 30 heavy (non-hydrogen) atoms. The molecule has 1 aliphatic heterocycles. The Morgan fingerprint density at radius 2 is 1.83 bits per heavy atom. The van der Waals surface area contributed by atoms with Crippen molar-refractivity contribution in [3.63, 3.8) is 0 Å². The number of carbonyl (C=O) groups is 1. The topological polar surface area (TPSA) is 84.3 Å². The highest BCUT2D eigenvalue weighted by Crippen LogP contribution is 2.21. The maximum Gasteiger partial charge on any atom is 0.267 e. The number of carbonyl (C=O) groups excluding carboxylic acids is 1. The van der Waals surface area contributed by atoms with Gasteiger partial charge in [0.2, 0.25) is 5.95 Å². The summed E-state index contributed by atoms with van der Waals surface area (Å²) in [4.78, 5) is 23.7. The van der Waals surface area contributed by atoms with Crippen molar-refractivity contribution < 1.29 is 9.53 Å². The van der Waals surface area contributed by atoms with E-state index in [9.17, 15) is 4.79 Å². The molecule has 156 valence electrons. The van der Waals surface area contributed by atoms with Gasteiger partial charge >= 0.3 is 0 Å². The van der Waals surface area contributed by atoms with Gasteiger partial charge in [0, 0.05) is 68.6 Å². The highest BCUT2D eigenvalue weighted by atomic mass is 16.5. The van der Waals surface area contributed by atoms with Crippen LogP contribution in [0.25, 0.3) is 11.1 Å². The number of hydrogen-bond acceptors (Lipinski definition) is 6. The van der Waals surface area contributed by atoms with Gasteiger partial charge in [-0.05, 0) is 18.2 Å². The quantitative estimate of drug-likeness (QED) is 0.626. The summed E-state index contributed by atoms with van der Waals surface area (Å²) in [5.41, 5.74) is 3.30. The third-order valence-corrected chi connectivity index (χ3v) is 5.07. The number of ether oxygens (including phenoxy) is 1. The summed E-state index contributed by atoms with van der Waals surface area (Å²) in [6.45, 7) is 4.80. The molecular formula is C22H26N6O2. The van der Waals surface area contributed by atoms with E-state index in [-0.39, 0.29) is 5.91 Å². The molecule has 2 aromatic heterocycles. The van der Waals surface area contributed by atoms with Crippen LogP contribution in [0.1, 0.15) is 10.5 Å². The second kappa shape index (κ2) is 9.51. The summed E-state index contributed by atoms with van der Waals surface area (Å²) in [6, 6.07) is 11.6. The van der Waals surface area contributed by atoms with Crippen molar-refractivity contribution in [1.82, 2.24) is 24.8 Å². The van der Waals surface area contributed by atoms with E-state index in [0.29, 0.717) is 18.2 Å². The van der Waals surface area contributed by atoms with Crippen molar-refractivity contribution in [3.8, 4) is 11.1 Å². The average molecular weight is 406 g/mol. The third kappa shape index (κ3) is 5.03. The van der Waals surface area contributed by atoms with Gasteiger partial charge in [-0.25, -0.2) is 9.97 Å². The van der Waals surface area contributed by atoms with Crippen molar-refractivity contribution in [2.75, 3.05) is 44.7 Å². The van der Waals surface area contributed by atoms with E-state index in [1.807, 2.05) is 54.2 Å². The number of nitrogens with zero attached hydrogens (tertiary/aromatic N) is 4. The molecular weight excluding hydrogens is 380 g/mol. The lowest BCUT2D eigenvalue weighted by molar-refractivity contribution is 0.0383. The predicted molar refractivity (Wildman–Crippen MR) is 116 cm³/mol. The summed E-state index contributed by atoms with van der Waals surface area (Å²) >= 11 is 0.